The van der Waals surface area contributed by atoms with Crippen LogP contribution in [0.2, 0.25) is 0 Å². The van der Waals surface area contributed by atoms with Gasteiger partial charge in [-0.3, -0.25) is 0 Å². The van der Waals surface area contributed by atoms with Crippen molar-refractivity contribution >= 4 is 10.0 Å². The quantitative estimate of drug-likeness (QED) is 0.818. The number of benzene rings is 1. The van der Waals surface area contributed by atoms with Gasteiger partial charge in [0, 0.05) is 18.2 Å². The summed E-state index contributed by atoms with van der Waals surface area (Å²) in [6.45, 7) is 2.40. The highest BCUT2D eigenvalue weighted by Gasteiger charge is 2.37. The van der Waals surface area contributed by atoms with Crippen molar-refractivity contribution in [1.82, 2.24) is 4.31 Å². The minimum atomic E-state index is -3.45. The van der Waals surface area contributed by atoms with Crippen LogP contribution in [-0.4, -0.2) is 37.0 Å². The zero-order valence-corrected chi connectivity index (χ0v) is 13.1. The Labute approximate surface area is 126 Å². The number of sulfonamides is 1. The number of aliphatic hydroxyl groups excluding tert-OH is 1. The fourth-order valence-corrected chi connectivity index (χ4v) is 3.96. The minimum absolute atomic E-state index is 0.161. The average Bonchev–Trinajstić information content (AvgIpc) is 3.30. The molecule has 1 fully saturated rings. The number of nitrogens with zero attached hydrogens (tertiary/aromatic N) is 1. The van der Waals surface area contributed by atoms with Crippen LogP contribution >= 0.6 is 0 Å². The summed E-state index contributed by atoms with van der Waals surface area (Å²) in [5.41, 5.74) is 0.608. The molecular formula is C16H21NO3S. The Morgan fingerprint density at radius 1 is 1.38 bits per heavy atom. The highest BCUT2D eigenvalue weighted by molar-refractivity contribution is 7.89. The number of hydrogen-bond acceptors (Lipinski definition) is 3. The van der Waals surface area contributed by atoms with Crippen LogP contribution in [0.25, 0.3) is 0 Å². The molecule has 21 heavy (non-hydrogen) atoms. The molecule has 2 rings (SSSR count). The third kappa shape index (κ3) is 4.07. The van der Waals surface area contributed by atoms with Gasteiger partial charge in [-0.2, -0.15) is 4.31 Å². The van der Waals surface area contributed by atoms with E-state index in [1.807, 2.05) is 0 Å². The third-order valence-electron chi connectivity index (χ3n) is 3.44. The Kier molecular flexibility index (Phi) is 5.40. The lowest BCUT2D eigenvalue weighted by Gasteiger charge is -2.21. The van der Waals surface area contributed by atoms with Gasteiger partial charge < -0.3 is 5.11 Å². The van der Waals surface area contributed by atoms with E-state index in [0.717, 1.165) is 25.7 Å². The standard InChI is InChI=1S/C16H21NO3S/c1-2-3-11-17(15-9-10-15)21(19,20)16-8-4-6-14(13-16)7-5-12-18/h4,6,8,13,15,18H,2-3,9-12H2,1H3. The molecule has 0 radical (unpaired) electrons. The summed E-state index contributed by atoms with van der Waals surface area (Å²) in [7, 11) is -3.45. The van der Waals surface area contributed by atoms with Crippen molar-refractivity contribution in [2.75, 3.05) is 13.2 Å². The fourth-order valence-electron chi connectivity index (χ4n) is 2.19. The van der Waals surface area contributed by atoms with Gasteiger partial charge in [0.25, 0.3) is 0 Å². The zero-order chi connectivity index (χ0) is 15.3. The first-order valence-corrected chi connectivity index (χ1v) is 8.75. The van der Waals surface area contributed by atoms with Crippen molar-refractivity contribution in [2.45, 2.75) is 43.5 Å². The second-order valence-electron chi connectivity index (χ2n) is 5.19. The van der Waals surface area contributed by atoms with Gasteiger partial charge in [-0.1, -0.05) is 31.3 Å². The fraction of sp³-hybridized carbons (Fsp3) is 0.500. The van der Waals surface area contributed by atoms with Crippen LogP contribution in [0, 0.1) is 11.8 Å². The maximum Gasteiger partial charge on any atom is 0.243 e. The van der Waals surface area contributed by atoms with Gasteiger partial charge >= 0.3 is 0 Å². The van der Waals surface area contributed by atoms with Crippen molar-refractivity contribution in [3.63, 3.8) is 0 Å². The van der Waals surface area contributed by atoms with E-state index in [0.29, 0.717) is 12.1 Å². The van der Waals surface area contributed by atoms with Gasteiger partial charge in [0.2, 0.25) is 10.0 Å². The highest BCUT2D eigenvalue weighted by Crippen LogP contribution is 2.32. The third-order valence-corrected chi connectivity index (χ3v) is 5.39. The molecule has 0 aromatic heterocycles. The van der Waals surface area contributed by atoms with Gasteiger partial charge in [-0.15, -0.1) is 0 Å². The van der Waals surface area contributed by atoms with Crippen LogP contribution < -0.4 is 0 Å². The van der Waals surface area contributed by atoms with Crippen molar-refractivity contribution in [2.24, 2.45) is 0 Å². The molecule has 1 N–H and O–H groups in total. The van der Waals surface area contributed by atoms with E-state index in [1.165, 1.54) is 0 Å². The van der Waals surface area contributed by atoms with Gasteiger partial charge in [0.05, 0.1) is 4.90 Å². The number of aliphatic hydroxyl groups is 1. The summed E-state index contributed by atoms with van der Waals surface area (Å²) in [6.07, 6.45) is 3.75. The summed E-state index contributed by atoms with van der Waals surface area (Å²) < 4.78 is 27.2. The minimum Gasteiger partial charge on any atom is -0.384 e. The lowest BCUT2D eigenvalue weighted by molar-refractivity contribution is 0.350. The largest absolute Gasteiger partial charge is 0.384 e. The molecule has 0 aliphatic heterocycles. The first-order chi connectivity index (χ1) is 10.1. The summed E-state index contributed by atoms with van der Waals surface area (Å²) in [4.78, 5) is 0.287. The second-order valence-corrected chi connectivity index (χ2v) is 7.08. The Balaban J connectivity index is 2.28. The molecule has 1 saturated carbocycles. The van der Waals surface area contributed by atoms with E-state index in [4.69, 9.17) is 5.11 Å². The van der Waals surface area contributed by atoms with Crippen LogP contribution in [0.1, 0.15) is 38.2 Å². The number of rotatable bonds is 6. The van der Waals surface area contributed by atoms with E-state index in [2.05, 4.69) is 18.8 Å². The van der Waals surface area contributed by atoms with Crippen LogP contribution in [0.4, 0.5) is 0 Å². The molecular weight excluding hydrogens is 286 g/mol. The molecule has 4 nitrogen and oxygen atoms in total. The number of hydrogen-bond donors (Lipinski definition) is 1. The molecule has 1 aromatic carbocycles. The van der Waals surface area contributed by atoms with Crippen LogP contribution in [-0.2, 0) is 10.0 Å². The lowest BCUT2D eigenvalue weighted by Crippen LogP contribution is -2.34. The monoisotopic (exact) mass is 307 g/mol. The van der Waals surface area contributed by atoms with Crippen molar-refractivity contribution < 1.29 is 13.5 Å². The van der Waals surface area contributed by atoms with E-state index in [1.54, 1.807) is 28.6 Å². The van der Waals surface area contributed by atoms with E-state index in [9.17, 15) is 8.42 Å². The maximum atomic E-state index is 12.8. The maximum absolute atomic E-state index is 12.8. The molecule has 0 saturated heterocycles. The van der Waals surface area contributed by atoms with Gasteiger partial charge in [0.1, 0.15) is 6.61 Å². The average molecular weight is 307 g/mol. The van der Waals surface area contributed by atoms with Gasteiger partial charge in [-0.25, -0.2) is 8.42 Å². The molecule has 1 aliphatic carbocycles. The topological polar surface area (TPSA) is 57.6 Å². The van der Waals surface area contributed by atoms with Gasteiger partial charge in [-0.05, 0) is 37.5 Å². The molecule has 5 heteroatoms. The SMILES string of the molecule is CCCCN(C1CC1)S(=O)(=O)c1cccc(C#CCO)c1. The molecule has 1 aliphatic rings. The first kappa shape index (κ1) is 16.0. The predicted octanol–water partition coefficient (Wildman–Crippen LogP) is 1.98. The van der Waals surface area contributed by atoms with Crippen molar-refractivity contribution in [3.8, 4) is 11.8 Å². The number of unbranched alkanes of at least 4 members (excludes halogenated alkanes) is 1. The molecule has 0 unspecified atom stereocenters. The molecule has 0 heterocycles. The van der Waals surface area contributed by atoms with E-state index >= 15 is 0 Å². The summed E-state index contributed by atoms with van der Waals surface area (Å²) in [6, 6.07) is 6.79. The first-order valence-electron chi connectivity index (χ1n) is 7.31. The molecule has 114 valence electrons. The highest BCUT2D eigenvalue weighted by atomic mass is 32.2. The summed E-state index contributed by atoms with van der Waals surface area (Å²) in [5.74, 6) is 5.29. The molecule has 0 bridgehead atoms. The zero-order valence-electron chi connectivity index (χ0n) is 12.2. The molecule has 0 spiro atoms. The molecule has 0 atom stereocenters. The van der Waals surface area contributed by atoms with E-state index < -0.39 is 10.0 Å². The Bertz CT molecular complexity index is 639. The van der Waals surface area contributed by atoms with Gasteiger partial charge in [0.15, 0.2) is 0 Å². The smallest absolute Gasteiger partial charge is 0.243 e. The van der Waals surface area contributed by atoms with Crippen LogP contribution in [0.3, 0.4) is 0 Å². The summed E-state index contributed by atoms with van der Waals surface area (Å²) in [5, 5.41) is 8.72. The normalized spacial score (nSPS) is 14.8. The van der Waals surface area contributed by atoms with Crippen LogP contribution in [0.5, 0.6) is 0 Å². The Morgan fingerprint density at radius 2 is 2.14 bits per heavy atom. The lowest BCUT2D eigenvalue weighted by atomic mass is 10.2. The summed E-state index contributed by atoms with van der Waals surface area (Å²) >= 11 is 0. The second kappa shape index (κ2) is 7.08. The molecule has 0 amide bonds. The Morgan fingerprint density at radius 3 is 2.76 bits per heavy atom. The van der Waals surface area contributed by atoms with Crippen molar-refractivity contribution in [1.29, 1.82) is 0 Å². The molecule has 1 aromatic rings. The van der Waals surface area contributed by atoms with E-state index in [-0.39, 0.29) is 17.5 Å². The Hall–Kier alpha value is -1.35. The van der Waals surface area contributed by atoms with Crippen molar-refractivity contribution in [3.05, 3.63) is 29.8 Å². The van der Waals surface area contributed by atoms with Crippen LogP contribution in [0.15, 0.2) is 29.2 Å². The predicted molar refractivity (Wildman–Crippen MR) is 82.2 cm³/mol.